The van der Waals surface area contributed by atoms with E-state index in [9.17, 15) is 0 Å². The average Bonchev–Trinajstić information content (AvgIpc) is 2.19. The molecule has 8 heavy (non-hydrogen) atoms. The van der Waals surface area contributed by atoms with E-state index in [-0.39, 0.29) is 1.43 Å². The topological polar surface area (TPSA) is 21.3 Å². The number of likely N-dealkylation sites (N-methyl/N-ethyl adjacent to an activating group) is 1. The fraction of sp³-hybridized carbons (Fsp3) is 1.00. The predicted molar refractivity (Wildman–Crippen MR) is 35.0 cm³/mol. The largest absolute Gasteiger partial charge is 0.377 e. The van der Waals surface area contributed by atoms with Gasteiger partial charge in [0, 0.05) is 14.6 Å². The molecule has 0 aliphatic carbocycles. The van der Waals surface area contributed by atoms with Crippen LogP contribution in [0, 0.1) is 0 Å². The van der Waals surface area contributed by atoms with Crippen molar-refractivity contribution in [3.05, 3.63) is 0 Å². The molecule has 0 radical (unpaired) electrons. The predicted octanol–water partition coefficient (Wildman–Crippen LogP) is 0.631. The zero-order valence-electron chi connectivity index (χ0n) is 5.31. The number of nitrogens with one attached hydrogen (secondary N) is 1. The van der Waals surface area contributed by atoms with Crippen LogP contribution in [0.3, 0.4) is 0 Å². The first-order chi connectivity index (χ1) is 3.93. The maximum atomic E-state index is 5.33. The van der Waals surface area contributed by atoms with Crippen LogP contribution < -0.4 is 5.32 Å². The molecule has 1 aliphatic rings. The number of hydrogen-bond donors (Lipinski definition) is 1. The minimum Gasteiger partial charge on any atom is -0.377 e. The molecule has 50 valence electrons. The smallest absolute Gasteiger partial charge is 0.0700 e. The minimum absolute atomic E-state index is 0. The Hall–Kier alpha value is -0.0800. The van der Waals surface area contributed by atoms with Gasteiger partial charge in [0.15, 0.2) is 0 Å². The molecule has 0 bridgehead atoms. The number of rotatable bonds is 2. The van der Waals surface area contributed by atoms with Crippen molar-refractivity contribution in [2.24, 2.45) is 0 Å². The Morgan fingerprint density at radius 2 is 2.75 bits per heavy atom. The summed E-state index contributed by atoms with van der Waals surface area (Å²) in [5, 5.41) is 3.08. The van der Waals surface area contributed by atoms with Crippen molar-refractivity contribution in [1.82, 2.24) is 5.32 Å². The van der Waals surface area contributed by atoms with Crippen LogP contribution in [0.1, 0.15) is 14.3 Å². The van der Waals surface area contributed by atoms with Crippen molar-refractivity contribution in [2.45, 2.75) is 18.9 Å². The highest BCUT2D eigenvalue weighted by Crippen LogP contribution is 2.09. The molecule has 1 saturated heterocycles. The van der Waals surface area contributed by atoms with E-state index in [0.717, 1.165) is 13.2 Å². The molecule has 1 aliphatic heterocycles. The fourth-order valence-electron chi connectivity index (χ4n) is 1.03. The summed E-state index contributed by atoms with van der Waals surface area (Å²) in [6.07, 6.45) is 2.98. The molecular formula is C6H15NO. The summed E-state index contributed by atoms with van der Waals surface area (Å²) in [7, 11) is 1.96. The maximum Gasteiger partial charge on any atom is 0.0700 e. The first-order valence-corrected chi connectivity index (χ1v) is 3.19. The van der Waals surface area contributed by atoms with Gasteiger partial charge in [0.05, 0.1) is 6.10 Å². The van der Waals surface area contributed by atoms with Crippen LogP contribution in [-0.4, -0.2) is 26.3 Å². The van der Waals surface area contributed by atoms with Crippen molar-refractivity contribution in [3.63, 3.8) is 0 Å². The zero-order chi connectivity index (χ0) is 5.82. The van der Waals surface area contributed by atoms with E-state index in [1.165, 1.54) is 12.8 Å². The molecular weight excluding hydrogens is 102 g/mol. The third-order valence-electron chi connectivity index (χ3n) is 1.46. The Labute approximate surface area is 51.7 Å². The van der Waals surface area contributed by atoms with Gasteiger partial charge in [-0.1, -0.05) is 0 Å². The summed E-state index contributed by atoms with van der Waals surface area (Å²) in [6, 6.07) is 0. The van der Waals surface area contributed by atoms with Gasteiger partial charge in [0.25, 0.3) is 0 Å². The first kappa shape index (κ1) is 6.05. The fourth-order valence-corrected chi connectivity index (χ4v) is 1.03. The lowest BCUT2D eigenvalue weighted by Gasteiger charge is -2.05. The van der Waals surface area contributed by atoms with Crippen LogP contribution >= 0.6 is 0 Å². The Balaban J connectivity index is 0.000000640. The molecule has 0 aromatic carbocycles. The summed E-state index contributed by atoms with van der Waals surface area (Å²) in [6.45, 7) is 1.98. The molecule has 2 heteroatoms. The highest BCUT2D eigenvalue weighted by molar-refractivity contribution is 4.65. The molecule has 0 saturated carbocycles. The molecule has 1 atom stereocenters. The lowest BCUT2D eigenvalue weighted by atomic mass is 10.2. The van der Waals surface area contributed by atoms with Gasteiger partial charge in [-0.15, -0.1) is 0 Å². The van der Waals surface area contributed by atoms with Gasteiger partial charge in [-0.05, 0) is 19.9 Å². The summed E-state index contributed by atoms with van der Waals surface area (Å²) in [4.78, 5) is 0. The third kappa shape index (κ3) is 1.46. The van der Waals surface area contributed by atoms with E-state index in [2.05, 4.69) is 5.32 Å². The van der Waals surface area contributed by atoms with E-state index in [1.54, 1.807) is 0 Å². The monoisotopic (exact) mass is 117 g/mol. The van der Waals surface area contributed by atoms with Gasteiger partial charge >= 0.3 is 0 Å². The SMILES string of the molecule is CNC[C@H]1CCCO1.[HH]. The Kier molecular flexibility index (Phi) is 2.30. The highest BCUT2D eigenvalue weighted by Gasteiger charge is 2.12. The van der Waals surface area contributed by atoms with Gasteiger partial charge in [-0.3, -0.25) is 0 Å². The number of ether oxygens (including phenoxy) is 1. The lowest BCUT2D eigenvalue weighted by molar-refractivity contribution is 0.112. The Morgan fingerprint density at radius 1 is 1.88 bits per heavy atom. The van der Waals surface area contributed by atoms with Crippen molar-refractivity contribution in [1.29, 1.82) is 0 Å². The standard InChI is InChI=1S/C6H13NO.H2/c1-7-5-6-3-2-4-8-6;/h6-7H,2-5H2,1H3;1H/t6-;/m1./s1. The third-order valence-corrected chi connectivity index (χ3v) is 1.46. The summed E-state index contributed by atoms with van der Waals surface area (Å²) < 4.78 is 5.33. The van der Waals surface area contributed by atoms with Crippen LogP contribution in [0.25, 0.3) is 0 Å². The van der Waals surface area contributed by atoms with Crippen LogP contribution in [0.2, 0.25) is 0 Å². The first-order valence-electron chi connectivity index (χ1n) is 3.19. The summed E-state index contributed by atoms with van der Waals surface area (Å²) in [5.41, 5.74) is 0. The summed E-state index contributed by atoms with van der Waals surface area (Å²) >= 11 is 0. The summed E-state index contributed by atoms with van der Waals surface area (Å²) in [5.74, 6) is 0. The highest BCUT2D eigenvalue weighted by atomic mass is 16.5. The van der Waals surface area contributed by atoms with Crippen LogP contribution in [-0.2, 0) is 4.74 Å². The van der Waals surface area contributed by atoms with Crippen molar-refractivity contribution in [3.8, 4) is 0 Å². The van der Waals surface area contributed by atoms with Gasteiger partial charge in [-0.25, -0.2) is 0 Å². The van der Waals surface area contributed by atoms with Gasteiger partial charge in [0.1, 0.15) is 0 Å². The molecule has 0 aromatic heterocycles. The normalized spacial score (nSPS) is 28.9. The van der Waals surface area contributed by atoms with Gasteiger partial charge in [-0.2, -0.15) is 0 Å². The zero-order valence-corrected chi connectivity index (χ0v) is 5.31. The molecule has 0 amide bonds. The van der Waals surface area contributed by atoms with Crippen LogP contribution in [0.15, 0.2) is 0 Å². The van der Waals surface area contributed by atoms with E-state index in [1.807, 2.05) is 7.05 Å². The van der Waals surface area contributed by atoms with Crippen LogP contribution in [0.4, 0.5) is 0 Å². The second kappa shape index (κ2) is 3.05. The van der Waals surface area contributed by atoms with Crippen molar-refractivity contribution >= 4 is 0 Å². The molecule has 0 unspecified atom stereocenters. The molecule has 2 nitrogen and oxygen atoms in total. The Morgan fingerprint density at radius 3 is 3.25 bits per heavy atom. The van der Waals surface area contributed by atoms with E-state index >= 15 is 0 Å². The van der Waals surface area contributed by atoms with Gasteiger partial charge in [0.2, 0.25) is 0 Å². The molecule has 0 aromatic rings. The minimum atomic E-state index is 0. The molecule has 1 fully saturated rings. The number of hydrogen-bond acceptors (Lipinski definition) is 2. The maximum absolute atomic E-state index is 5.33. The molecule has 0 spiro atoms. The second-order valence-electron chi connectivity index (χ2n) is 2.19. The van der Waals surface area contributed by atoms with E-state index in [0.29, 0.717) is 6.10 Å². The van der Waals surface area contributed by atoms with Gasteiger partial charge < -0.3 is 10.1 Å². The van der Waals surface area contributed by atoms with Crippen molar-refractivity contribution < 1.29 is 6.16 Å². The second-order valence-corrected chi connectivity index (χ2v) is 2.19. The molecule has 1 N–H and O–H groups in total. The average molecular weight is 117 g/mol. The molecule has 1 heterocycles. The quantitative estimate of drug-likeness (QED) is 0.573. The lowest BCUT2D eigenvalue weighted by Crippen LogP contribution is -2.22. The molecule has 1 rings (SSSR count). The van der Waals surface area contributed by atoms with Crippen LogP contribution in [0.5, 0.6) is 0 Å². The van der Waals surface area contributed by atoms with Crippen molar-refractivity contribution in [2.75, 3.05) is 20.2 Å². The Bertz CT molecular complexity index is 64.1. The van der Waals surface area contributed by atoms with E-state index in [4.69, 9.17) is 4.74 Å². The van der Waals surface area contributed by atoms with E-state index < -0.39 is 0 Å².